The number of aromatic nitrogens is 1. The van der Waals surface area contributed by atoms with Gasteiger partial charge in [-0.15, -0.1) is 0 Å². The Morgan fingerprint density at radius 2 is 2.08 bits per heavy atom. The van der Waals surface area contributed by atoms with Crippen LogP contribution in [-0.2, 0) is 11.8 Å². The molecule has 0 unspecified atom stereocenters. The van der Waals surface area contributed by atoms with E-state index in [4.69, 9.17) is 10.00 Å². The van der Waals surface area contributed by atoms with Crippen molar-refractivity contribution in [1.29, 1.82) is 10.5 Å². The van der Waals surface area contributed by atoms with Crippen LogP contribution in [0.15, 0.2) is 35.9 Å². The highest BCUT2D eigenvalue weighted by molar-refractivity contribution is 6.10. The zero-order chi connectivity index (χ0) is 18.4. The van der Waals surface area contributed by atoms with Gasteiger partial charge in [-0.2, -0.15) is 10.5 Å². The number of hydrogen-bond acceptors (Lipinski definition) is 4. The van der Waals surface area contributed by atoms with Crippen molar-refractivity contribution in [1.82, 2.24) is 4.57 Å². The van der Waals surface area contributed by atoms with Gasteiger partial charge < -0.3 is 14.6 Å². The van der Waals surface area contributed by atoms with Crippen LogP contribution in [0.1, 0.15) is 23.9 Å². The number of carbonyl (C=O) groups is 1. The lowest BCUT2D eigenvalue weighted by Crippen LogP contribution is -2.14. The van der Waals surface area contributed by atoms with Gasteiger partial charge in [0.1, 0.15) is 29.2 Å². The van der Waals surface area contributed by atoms with Crippen molar-refractivity contribution in [2.24, 2.45) is 7.05 Å². The molecule has 0 fully saturated rings. The fraction of sp³-hybridized carbons (Fsp3) is 0.211. The summed E-state index contributed by atoms with van der Waals surface area (Å²) in [6.45, 7) is 4.14. The molecule has 1 aromatic carbocycles. The molecule has 1 N–H and O–H groups in total. The Morgan fingerprint density at radius 1 is 1.36 bits per heavy atom. The highest BCUT2D eigenvalue weighted by Crippen LogP contribution is 2.24. The van der Waals surface area contributed by atoms with E-state index in [9.17, 15) is 10.1 Å². The number of amides is 1. The van der Waals surface area contributed by atoms with Crippen LogP contribution >= 0.6 is 0 Å². The molecule has 1 aromatic heterocycles. The predicted octanol–water partition coefficient (Wildman–Crippen LogP) is 3.15. The Balaban J connectivity index is 2.32. The average molecular weight is 334 g/mol. The maximum Gasteiger partial charge on any atom is 0.266 e. The van der Waals surface area contributed by atoms with Crippen molar-refractivity contribution in [2.45, 2.75) is 13.8 Å². The van der Waals surface area contributed by atoms with Gasteiger partial charge in [0.05, 0.1) is 12.3 Å². The van der Waals surface area contributed by atoms with Gasteiger partial charge >= 0.3 is 0 Å². The maximum absolute atomic E-state index is 12.4. The molecule has 0 radical (unpaired) electrons. The first-order valence-electron chi connectivity index (χ1n) is 7.73. The van der Waals surface area contributed by atoms with E-state index in [-0.39, 0.29) is 5.57 Å². The molecule has 1 heterocycles. The molecule has 0 saturated heterocycles. The topological polar surface area (TPSA) is 90.8 Å². The molecule has 0 atom stereocenters. The first kappa shape index (κ1) is 17.8. The summed E-state index contributed by atoms with van der Waals surface area (Å²) in [4.78, 5) is 12.4. The number of benzene rings is 1. The summed E-state index contributed by atoms with van der Waals surface area (Å²) in [5, 5.41) is 21.1. The number of carbonyl (C=O) groups excluding carboxylic acids is 1. The lowest BCUT2D eigenvalue weighted by Gasteiger charge is -2.10. The predicted molar refractivity (Wildman–Crippen MR) is 94.7 cm³/mol. The minimum atomic E-state index is -0.531. The number of nitrogens with one attached hydrogen (secondary N) is 1. The smallest absolute Gasteiger partial charge is 0.266 e. The number of ether oxygens (including phenoxy) is 1. The zero-order valence-corrected chi connectivity index (χ0v) is 14.3. The molecule has 0 saturated carbocycles. The Bertz CT molecular complexity index is 910. The first-order valence-corrected chi connectivity index (χ1v) is 7.73. The highest BCUT2D eigenvalue weighted by Gasteiger charge is 2.14. The second kappa shape index (κ2) is 7.85. The second-order valence-electron chi connectivity index (χ2n) is 5.29. The lowest BCUT2D eigenvalue weighted by atomic mass is 10.1. The van der Waals surface area contributed by atoms with Crippen LogP contribution in [0.2, 0.25) is 0 Å². The van der Waals surface area contributed by atoms with Gasteiger partial charge in [0.2, 0.25) is 0 Å². The minimum Gasteiger partial charge on any atom is -0.492 e. The van der Waals surface area contributed by atoms with Gasteiger partial charge in [0, 0.05) is 12.7 Å². The van der Waals surface area contributed by atoms with Crippen LogP contribution in [0.3, 0.4) is 0 Å². The fourth-order valence-electron chi connectivity index (χ4n) is 2.32. The van der Waals surface area contributed by atoms with Crippen molar-refractivity contribution >= 4 is 17.7 Å². The third kappa shape index (κ3) is 3.88. The summed E-state index contributed by atoms with van der Waals surface area (Å²) in [5.74, 6) is 0.00899. The molecule has 2 aromatic rings. The molecular formula is C19H18N4O2. The van der Waals surface area contributed by atoms with Crippen molar-refractivity contribution < 1.29 is 9.53 Å². The molecule has 0 spiro atoms. The summed E-state index contributed by atoms with van der Waals surface area (Å²) in [5.41, 5.74) is 2.36. The van der Waals surface area contributed by atoms with Crippen LogP contribution in [0.5, 0.6) is 5.75 Å². The van der Waals surface area contributed by atoms with Crippen LogP contribution in [0, 0.1) is 29.6 Å². The van der Waals surface area contributed by atoms with Gasteiger partial charge in [-0.1, -0.05) is 12.1 Å². The minimum absolute atomic E-state index is 0.0514. The summed E-state index contributed by atoms with van der Waals surface area (Å²) in [6.07, 6.45) is 1.48. The van der Waals surface area contributed by atoms with Crippen LogP contribution in [-0.4, -0.2) is 17.1 Å². The standard InChI is InChI=1S/C19H18N4O2/c1-4-25-18-8-6-5-7-17(18)22-19(24)15(11-20)9-14-10-16(12-21)23(3)13(14)2/h5-10H,4H2,1-3H3,(H,22,24)/b15-9+. The van der Waals surface area contributed by atoms with Crippen molar-refractivity contribution in [3.8, 4) is 17.9 Å². The third-order valence-electron chi connectivity index (χ3n) is 3.79. The Labute approximate surface area is 146 Å². The van der Waals surface area contributed by atoms with E-state index in [1.807, 2.05) is 19.9 Å². The Hall–Kier alpha value is -3.51. The first-order chi connectivity index (χ1) is 12.0. The number of nitrogens with zero attached hydrogens (tertiary/aromatic N) is 3. The zero-order valence-electron chi connectivity index (χ0n) is 14.3. The fourth-order valence-corrected chi connectivity index (χ4v) is 2.32. The summed E-state index contributed by atoms with van der Waals surface area (Å²) < 4.78 is 7.18. The lowest BCUT2D eigenvalue weighted by molar-refractivity contribution is -0.112. The van der Waals surface area contributed by atoms with Crippen LogP contribution in [0.25, 0.3) is 6.08 Å². The number of anilines is 1. The van der Waals surface area contributed by atoms with E-state index < -0.39 is 5.91 Å². The van der Waals surface area contributed by atoms with Gasteiger partial charge in [0.15, 0.2) is 0 Å². The van der Waals surface area contributed by atoms with Gasteiger partial charge in [-0.3, -0.25) is 4.79 Å². The molecule has 2 rings (SSSR count). The largest absolute Gasteiger partial charge is 0.492 e. The Kier molecular flexibility index (Phi) is 5.60. The average Bonchev–Trinajstić information content (AvgIpc) is 2.89. The van der Waals surface area contributed by atoms with E-state index in [2.05, 4.69) is 11.4 Å². The highest BCUT2D eigenvalue weighted by atomic mass is 16.5. The molecule has 126 valence electrons. The molecule has 1 amide bonds. The maximum atomic E-state index is 12.4. The van der Waals surface area contributed by atoms with Gasteiger partial charge in [0.25, 0.3) is 5.91 Å². The van der Waals surface area contributed by atoms with E-state index in [1.165, 1.54) is 6.08 Å². The number of hydrogen-bond donors (Lipinski definition) is 1. The van der Waals surface area contributed by atoms with Crippen LogP contribution in [0.4, 0.5) is 5.69 Å². The van der Waals surface area contributed by atoms with Crippen molar-refractivity contribution in [3.05, 3.63) is 52.9 Å². The third-order valence-corrected chi connectivity index (χ3v) is 3.79. The van der Waals surface area contributed by atoms with Gasteiger partial charge in [-0.05, 0) is 43.7 Å². The second-order valence-corrected chi connectivity index (χ2v) is 5.29. The molecule has 6 heteroatoms. The van der Waals surface area contributed by atoms with Crippen LogP contribution < -0.4 is 10.1 Å². The monoisotopic (exact) mass is 334 g/mol. The summed E-state index contributed by atoms with van der Waals surface area (Å²) in [7, 11) is 1.76. The van der Waals surface area contributed by atoms with E-state index in [0.717, 1.165) is 5.69 Å². The molecule has 0 aliphatic rings. The molecule has 25 heavy (non-hydrogen) atoms. The number of rotatable bonds is 5. The number of nitriles is 2. The normalized spacial score (nSPS) is 10.7. The van der Waals surface area contributed by atoms with E-state index in [1.54, 1.807) is 41.9 Å². The molecular weight excluding hydrogens is 316 g/mol. The van der Waals surface area contributed by atoms with Crippen molar-refractivity contribution in [3.63, 3.8) is 0 Å². The Morgan fingerprint density at radius 3 is 2.68 bits per heavy atom. The van der Waals surface area contributed by atoms with Gasteiger partial charge in [-0.25, -0.2) is 0 Å². The molecule has 6 nitrogen and oxygen atoms in total. The van der Waals surface area contributed by atoms with E-state index >= 15 is 0 Å². The molecule has 0 aliphatic heterocycles. The summed E-state index contributed by atoms with van der Waals surface area (Å²) >= 11 is 0. The quantitative estimate of drug-likeness (QED) is 0.671. The van der Waals surface area contributed by atoms with Crippen molar-refractivity contribution in [2.75, 3.05) is 11.9 Å². The number of para-hydroxylation sites is 2. The van der Waals surface area contributed by atoms with E-state index in [0.29, 0.717) is 29.3 Å². The SMILES string of the molecule is CCOc1ccccc1NC(=O)/C(C#N)=C/c1cc(C#N)n(C)c1C. The molecule has 0 bridgehead atoms. The summed E-state index contributed by atoms with van der Waals surface area (Å²) in [6, 6.07) is 12.7. The molecule has 0 aliphatic carbocycles.